The molecule has 1 heterocycles. The smallest absolute Gasteiger partial charge is 0.306 e. The highest BCUT2D eigenvalue weighted by molar-refractivity contribution is 5.70. The van der Waals surface area contributed by atoms with E-state index in [-0.39, 0.29) is 26.1 Å². The molecule has 63 heavy (non-hydrogen) atoms. The molecule has 10 nitrogen and oxygen atoms in total. The summed E-state index contributed by atoms with van der Waals surface area (Å²) in [6, 6.07) is 0. The molecule has 1 fully saturated rings. The van der Waals surface area contributed by atoms with Gasteiger partial charge < -0.3 is 39.4 Å². The van der Waals surface area contributed by atoms with E-state index in [2.05, 4.69) is 32.1 Å². The molecule has 0 aromatic carbocycles. The van der Waals surface area contributed by atoms with E-state index >= 15 is 0 Å². The number of unbranched alkanes of at least 4 members (excludes halogenated alkanes) is 30. The van der Waals surface area contributed by atoms with Gasteiger partial charge in [-0.15, -0.1) is 0 Å². The summed E-state index contributed by atoms with van der Waals surface area (Å²) in [4.78, 5) is 25.4. The van der Waals surface area contributed by atoms with Crippen LogP contribution in [0, 0.1) is 0 Å². The summed E-state index contributed by atoms with van der Waals surface area (Å²) in [6.07, 6.45) is 43.6. The SMILES string of the molecule is CCCCCCCCCCCCC/C=C/CCC(=O)OC[C@H](CO[C@@H]1O[C@H](CO)[C@H](O)C(O)C1O)OC(=O)CCC/C=C/CCCCCCCCCCCCCCCCCCCC. The highest BCUT2D eigenvalue weighted by atomic mass is 16.7. The first kappa shape index (κ1) is 59.2. The molecule has 0 radical (unpaired) electrons. The summed E-state index contributed by atoms with van der Waals surface area (Å²) >= 11 is 0. The molecule has 1 saturated heterocycles. The Kier molecular flexibility index (Phi) is 41.4. The van der Waals surface area contributed by atoms with E-state index in [0.29, 0.717) is 12.8 Å². The molecular weight excluding hydrogens is 797 g/mol. The van der Waals surface area contributed by atoms with Crippen molar-refractivity contribution in [1.29, 1.82) is 0 Å². The van der Waals surface area contributed by atoms with Gasteiger partial charge in [0, 0.05) is 12.8 Å². The normalized spacial score (nSPS) is 19.6. The minimum atomic E-state index is -1.60. The van der Waals surface area contributed by atoms with Gasteiger partial charge in [0.25, 0.3) is 0 Å². The van der Waals surface area contributed by atoms with E-state index < -0.39 is 55.4 Å². The van der Waals surface area contributed by atoms with Gasteiger partial charge in [-0.3, -0.25) is 9.59 Å². The van der Waals surface area contributed by atoms with Gasteiger partial charge in [-0.2, -0.15) is 0 Å². The summed E-state index contributed by atoms with van der Waals surface area (Å²) < 4.78 is 22.2. The molecule has 6 atom stereocenters. The van der Waals surface area contributed by atoms with Crippen LogP contribution >= 0.6 is 0 Å². The number of carbonyl (C=O) groups is 2. The zero-order valence-corrected chi connectivity index (χ0v) is 40.6. The maximum atomic E-state index is 12.8. The molecule has 0 aromatic rings. The largest absolute Gasteiger partial charge is 0.462 e. The number of aliphatic hydroxyl groups is 4. The zero-order valence-electron chi connectivity index (χ0n) is 40.6. The van der Waals surface area contributed by atoms with Gasteiger partial charge in [0.2, 0.25) is 0 Å². The third-order valence-corrected chi connectivity index (χ3v) is 12.3. The molecule has 0 spiro atoms. The Labute approximate surface area is 385 Å². The summed E-state index contributed by atoms with van der Waals surface area (Å²) in [5, 5.41) is 40.2. The van der Waals surface area contributed by atoms with Crippen molar-refractivity contribution in [1.82, 2.24) is 0 Å². The highest BCUT2D eigenvalue weighted by Crippen LogP contribution is 2.23. The average Bonchev–Trinajstić information content (AvgIpc) is 3.28. The van der Waals surface area contributed by atoms with Gasteiger partial charge in [0.15, 0.2) is 12.4 Å². The van der Waals surface area contributed by atoms with Gasteiger partial charge in [-0.25, -0.2) is 0 Å². The first-order chi connectivity index (χ1) is 30.8. The van der Waals surface area contributed by atoms with E-state index in [4.69, 9.17) is 18.9 Å². The molecule has 1 aliphatic heterocycles. The van der Waals surface area contributed by atoms with Crippen molar-refractivity contribution in [2.24, 2.45) is 0 Å². The average molecular weight is 895 g/mol. The number of rotatable bonds is 45. The lowest BCUT2D eigenvalue weighted by atomic mass is 9.99. The molecule has 0 aliphatic carbocycles. The number of carbonyl (C=O) groups excluding carboxylic acids is 2. The van der Waals surface area contributed by atoms with Crippen LogP contribution in [0.2, 0.25) is 0 Å². The van der Waals surface area contributed by atoms with Crippen molar-refractivity contribution in [3.05, 3.63) is 24.3 Å². The van der Waals surface area contributed by atoms with Crippen molar-refractivity contribution >= 4 is 11.9 Å². The first-order valence-corrected chi connectivity index (χ1v) is 26.4. The molecule has 0 aromatic heterocycles. The van der Waals surface area contributed by atoms with E-state index in [1.165, 1.54) is 180 Å². The fourth-order valence-corrected chi connectivity index (χ4v) is 8.15. The topological polar surface area (TPSA) is 152 Å². The Bertz CT molecular complexity index is 1080. The zero-order chi connectivity index (χ0) is 45.9. The van der Waals surface area contributed by atoms with E-state index in [1.54, 1.807) is 0 Å². The molecule has 4 N–H and O–H groups in total. The van der Waals surface area contributed by atoms with Crippen LogP contribution < -0.4 is 0 Å². The Morgan fingerprint density at radius 3 is 1.30 bits per heavy atom. The number of hydrogen-bond donors (Lipinski definition) is 4. The van der Waals surface area contributed by atoms with Crippen LogP contribution in [0.4, 0.5) is 0 Å². The number of esters is 2. The second-order valence-electron chi connectivity index (χ2n) is 18.3. The van der Waals surface area contributed by atoms with Gasteiger partial charge in [0.05, 0.1) is 13.2 Å². The summed E-state index contributed by atoms with van der Waals surface area (Å²) in [5.74, 6) is -0.890. The minimum Gasteiger partial charge on any atom is -0.462 e. The Hall–Kier alpha value is -1.82. The lowest BCUT2D eigenvalue weighted by molar-refractivity contribution is -0.305. The Balaban J connectivity index is 2.26. The molecular formula is C53H98O10. The molecule has 2 unspecified atom stereocenters. The monoisotopic (exact) mass is 895 g/mol. The van der Waals surface area contributed by atoms with Crippen molar-refractivity contribution in [3.8, 4) is 0 Å². The van der Waals surface area contributed by atoms with Crippen LogP contribution in [0.15, 0.2) is 24.3 Å². The van der Waals surface area contributed by atoms with Crippen LogP contribution in [0.3, 0.4) is 0 Å². The summed E-state index contributed by atoms with van der Waals surface area (Å²) in [6.45, 7) is 3.40. The molecule has 0 saturated carbocycles. The molecule has 0 bridgehead atoms. The van der Waals surface area contributed by atoms with E-state index in [9.17, 15) is 30.0 Å². The lowest BCUT2D eigenvalue weighted by Crippen LogP contribution is -2.59. The number of allylic oxidation sites excluding steroid dienone is 4. The second kappa shape index (κ2) is 44.0. The van der Waals surface area contributed by atoms with Gasteiger partial charge in [0.1, 0.15) is 31.0 Å². The fourth-order valence-electron chi connectivity index (χ4n) is 8.15. The third kappa shape index (κ3) is 35.1. The lowest BCUT2D eigenvalue weighted by Gasteiger charge is -2.39. The van der Waals surface area contributed by atoms with Crippen molar-refractivity contribution in [2.45, 2.75) is 282 Å². The minimum absolute atomic E-state index is 0.179. The molecule has 1 rings (SSSR count). The first-order valence-electron chi connectivity index (χ1n) is 26.4. The molecule has 1 aliphatic rings. The standard InChI is InChI=1S/C53H98O10/c1-3-5-7-9-11-13-15-17-19-20-21-22-23-24-25-26-28-30-32-34-36-38-40-42-49(56)62-46(45-61-53-52(59)51(58)50(57)47(43-54)63-53)44-60-48(55)41-39-37-35-33-31-29-27-18-16-14-12-10-8-6-4-2/h34-37,46-47,50-54,57-59H,3-33,38-45H2,1-2H3/b36-34+,37-35+/t46-,47-,50+,51?,52?,53-/m1/s1. The second-order valence-corrected chi connectivity index (χ2v) is 18.3. The third-order valence-electron chi connectivity index (χ3n) is 12.3. The molecule has 10 heteroatoms. The number of hydrogen-bond acceptors (Lipinski definition) is 10. The Morgan fingerprint density at radius 2 is 0.873 bits per heavy atom. The van der Waals surface area contributed by atoms with Crippen molar-refractivity contribution in [3.63, 3.8) is 0 Å². The van der Waals surface area contributed by atoms with Crippen LogP contribution in [0.1, 0.15) is 245 Å². The summed E-state index contributed by atoms with van der Waals surface area (Å²) in [7, 11) is 0. The Morgan fingerprint density at radius 1 is 0.476 bits per heavy atom. The van der Waals surface area contributed by atoms with Crippen molar-refractivity contribution in [2.75, 3.05) is 19.8 Å². The highest BCUT2D eigenvalue weighted by Gasteiger charge is 2.44. The maximum absolute atomic E-state index is 12.8. The van der Waals surface area contributed by atoms with Crippen LogP contribution in [0.25, 0.3) is 0 Å². The molecule has 0 amide bonds. The predicted molar refractivity (Wildman–Crippen MR) is 256 cm³/mol. The van der Waals surface area contributed by atoms with Gasteiger partial charge in [-0.1, -0.05) is 212 Å². The van der Waals surface area contributed by atoms with E-state index in [1.807, 2.05) is 6.08 Å². The summed E-state index contributed by atoms with van der Waals surface area (Å²) in [5.41, 5.74) is 0. The number of ether oxygens (including phenoxy) is 4. The van der Waals surface area contributed by atoms with Crippen LogP contribution in [0.5, 0.6) is 0 Å². The fraction of sp³-hybridized carbons (Fsp3) is 0.887. The van der Waals surface area contributed by atoms with Crippen LogP contribution in [-0.4, -0.2) is 89.0 Å². The predicted octanol–water partition coefficient (Wildman–Crippen LogP) is 12.5. The molecule has 370 valence electrons. The van der Waals surface area contributed by atoms with Crippen molar-refractivity contribution < 1.29 is 49.0 Å². The number of aliphatic hydroxyl groups excluding tert-OH is 4. The van der Waals surface area contributed by atoms with Crippen LogP contribution in [-0.2, 0) is 28.5 Å². The quantitative estimate of drug-likeness (QED) is 0.0264. The van der Waals surface area contributed by atoms with E-state index in [0.717, 1.165) is 25.7 Å². The van der Waals surface area contributed by atoms with Gasteiger partial charge >= 0.3 is 11.9 Å². The van der Waals surface area contributed by atoms with Gasteiger partial charge in [-0.05, 0) is 44.9 Å². The maximum Gasteiger partial charge on any atom is 0.306 e.